The fourth-order valence-electron chi connectivity index (χ4n) is 3.97. The second-order valence-corrected chi connectivity index (χ2v) is 9.43. The molecule has 2 aromatic rings. The van der Waals surface area contributed by atoms with Gasteiger partial charge in [0.15, 0.2) is 5.54 Å². The van der Waals surface area contributed by atoms with Crippen molar-refractivity contribution >= 4 is 18.2 Å². The summed E-state index contributed by atoms with van der Waals surface area (Å²) in [5, 5.41) is 5.13. The maximum Gasteiger partial charge on any atom is 0.408 e. The molecule has 35 heavy (non-hydrogen) atoms. The number of rotatable bonds is 7. The predicted octanol–water partition coefficient (Wildman–Crippen LogP) is 4.54. The molecule has 1 aliphatic rings. The average Bonchev–Trinajstić information content (AvgIpc) is 3.12. The Morgan fingerprint density at radius 2 is 1.49 bits per heavy atom. The van der Waals surface area contributed by atoms with Crippen LogP contribution in [0.25, 0.3) is 11.1 Å². The van der Waals surface area contributed by atoms with Crippen LogP contribution in [0.3, 0.4) is 0 Å². The summed E-state index contributed by atoms with van der Waals surface area (Å²) in [5.41, 5.74) is 2.36. The largest absolute Gasteiger partial charge is 0.467 e. The fourth-order valence-corrected chi connectivity index (χ4v) is 3.97. The van der Waals surface area contributed by atoms with Gasteiger partial charge in [-0.2, -0.15) is 0 Å². The van der Waals surface area contributed by atoms with Gasteiger partial charge in [-0.15, -0.1) is 0 Å². The topological polar surface area (TPSA) is 103 Å². The summed E-state index contributed by atoms with van der Waals surface area (Å²) >= 11 is 0. The van der Waals surface area contributed by atoms with Crippen LogP contribution in [0.4, 0.5) is 9.59 Å². The molecule has 8 heteroatoms. The Morgan fingerprint density at radius 3 is 2.03 bits per heavy atom. The lowest BCUT2D eigenvalue weighted by molar-refractivity contribution is -0.145. The van der Waals surface area contributed by atoms with Gasteiger partial charge < -0.3 is 24.8 Å². The molecule has 2 aromatic carbocycles. The molecule has 1 aliphatic carbocycles. The van der Waals surface area contributed by atoms with Crippen molar-refractivity contribution in [2.24, 2.45) is 0 Å². The van der Waals surface area contributed by atoms with Gasteiger partial charge in [0.25, 0.3) is 0 Å². The van der Waals surface area contributed by atoms with E-state index in [9.17, 15) is 14.4 Å². The van der Waals surface area contributed by atoms with Gasteiger partial charge >= 0.3 is 18.2 Å². The van der Waals surface area contributed by atoms with Crippen LogP contribution >= 0.6 is 0 Å². The van der Waals surface area contributed by atoms with Crippen LogP contribution < -0.4 is 10.6 Å². The second-order valence-electron chi connectivity index (χ2n) is 9.43. The number of methoxy groups -OCH3 is 1. The van der Waals surface area contributed by atoms with Crippen LogP contribution in [-0.2, 0) is 19.0 Å². The average molecular weight is 481 g/mol. The molecule has 0 fully saturated rings. The van der Waals surface area contributed by atoms with Crippen LogP contribution in [0.15, 0.2) is 60.7 Å². The molecule has 186 valence electrons. The summed E-state index contributed by atoms with van der Waals surface area (Å²) in [6, 6.07) is 16.2. The van der Waals surface area contributed by atoms with Gasteiger partial charge in [-0.1, -0.05) is 60.7 Å². The lowest BCUT2D eigenvalue weighted by atomic mass is 9.98. The molecule has 8 nitrogen and oxygen atoms in total. The number of esters is 1. The van der Waals surface area contributed by atoms with E-state index in [1.807, 2.05) is 24.3 Å². The second kappa shape index (κ2) is 10.6. The van der Waals surface area contributed by atoms with Crippen molar-refractivity contribution < 1.29 is 28.6 Å². The minimum absolute atomic E-state index is 0.0377. The number of ether oxygens (including phenoxy) is 3. The van der Waals surface area contributed by atoms with Crippen molar-refractivity contribution in [3.8, 4) is 11.1 Å². The van der Waals surface area contributed by atoms with E-state index in [0.29, 0.717) is 0 Å². The van der Waals surface area contributed by atoms with E-state index >= 15 is 0 Å². The Balaban J connectivity index is 1.56. The molecule has 2 amide bonds. The van der Waals surface area contributed by atoms with E-state index in [2.05, 4.69) is 34.9 Å². The SMILES string of the molecule is COC(=O)[C@](C)(/C=C/CNC(=O)OCC1c2ccccc2-c2ccccc21)NC(=O)OC(C)(C)C. The molecule has 0 spiro atoms. The fraction of sp³-hybridized carbons (Fsp3) is 0.370. The third kappa shape index (κ3) is 6.41. The van der Waals surface area contributed by atoms with Crippen LogP contribution in [0.1, 0.15) is 44.7 Å². The Hall–Kier alpha value is -3.81. The van der Waals surface area contributed by atoms with Crippen molar-refractivity contribution in [2.75, 3.05) is 20.3 Å². The number of hydrogen-bond acceptors (Lipinski definition) is 6. The van der Waals surface area contributed by atoms with E-state index in [0.717, 1.165) is 22.3 Å². The summed E-state index contributed by atoms with van der Waals surface area (Å²) < 4.78 is 15.5. The van der Waals surface area contributed by atoms with Crippen molar-refractivity contribution in [3.63, 3.8) is 0 Å². The highest BCUT2D eigenvalue weighted by molar-refractivity contribution is 5.87. The van der Waals surface area contributed by atoms with E-state index in [-0.39, 0.29) is 19.1 Å². The molecule has 1 atom stereocenters. The number of benzene rings is 2. The molecular weight excluding hydrogens is 448 g/mol. The molecule has 2 N–H and O–H groups in total. The lowest BCUT2D eigenvalue weighted by Gasteiger charge is -2.27. The molecule has 0 unspecified atom stereocenters. The van der Waals surface area contributed by atoms with Gasteiger partial charge in [0.2, 0.25) is 0 Å². The number of carbonyl (C=O) groups excluding carboxylic acids is 3. The first-order chi connectivity index (χ1) is 16.5. The first kappa shape index (κ1) is 25.8. The molecule has 0 radical (unpaired) electrons. The van der Waals surface area contributed by atoms with E-state index in [4.69, 9.17) is 14.2 Å². The standard InChI is InChI=1S/C27H32N2O6/c1-26(2,3)35-25(32)29-27(4,23(30)33-5)15-10-16-28-24(31)34-17-22-20-13-8-6-11-18(20)19-12-7-9-14-21(19)22/h6-15,22H,16-17H2,1-5H3,(H,28,31)(H,29,32)/b15-10+/t27-/m0/s1. The Morgan fingerprint density at radius 1 is 0.914 bits per heavy atom. The summed E-state index contributed by atoms with van der Waals surface area (Å²) in [5.74, 6) is -0.718. The maximum absolute atomic E-state index is 12.3. The third-order valence-electron chi connectivity index (χ3n) is 5.53. The van der Waals surface area contributed by atoms with Gasteiger partial charge in [-0.25, -0.2) is 14.4 Å². The molecule has 0 bridgehead atoms. The molecule has 3 rings (SSSR count). The van der Waals surface area contributed by atoms with Gasteiger partial charge in [0, 0.05) is 12.5 Å². The van der Waals surface area contributed by atoms with Crippen molar-refractivity contribution in [2.45, 2.75) is 44.8 Å². The van der Waals surface area contributed by atoms with Gasteiger partial charge in [-0.3, -0.25) is 0 Å². The number of alkyl carbamates (subject to hydrolysis) is 2. The van der Waals surface area contributed by atoms with Crippen molar-refractivity contribution in [1.82, 2.24) is 10.6 Å². The summed E-state index contributed by atoms with van der Waals surface area (Å²) in [6.07, 6.45) is 1.62. The lowest BCUT2D eigenvalue weighted by Crippen LogP contribution is -2.52. The molecule has 0 heterocycles. The predicted molar refractivity (Wildman–Crippen MR) is 132 cm³/mol. The van der Waals surface area contributed by atoms with Crippen molar-refractivity contribution in [3.05, 3.63) is 71.8 Å². The Bertz CT molecular complexity index is 1080. The van der Waals surface area contributed by atoms with Gasteiger partial charge in [0.05, 0.1) is 7.11 Å². The Labute approximate surface area is 205 Å². The molecule has 0 aliphatic heterocycles. The zero-order valence-electron chi connectivity index (χ0n) is 20.7. The van der Waals surface area contributed by atoms with E-state index in [1.165, 1.54) is 26.2 Å². The highest BCUT2D eigenvalue weighted by Crippen LogP contribution is 2.44. The van der Waals surface area contributed by atoms with Crippen LogP contribution in [0, 0.1) is 0 Å². The van der Waals surface area contributed by atoms with Gasteiger partial charge in [0.1, 0.15) is 12.2 Å². The normalized spacial score (nSPS) is 14.4. The van der Waals surface area contributed by atoms with Gasteiger partial charge in [-0.05, 0) is 49.9 Å². The van der Waals surface area contributed by atoms with Crippen LogP contribution in [0.5, 0.6) is 0 Å². The monoisotopic (exact) mass is 480 g/mol. The van der Waals surface area contributed by atoms with E-state index < -0.39 is 29.3 Å². The number of hydrogen-bond donors (Lipinski definition) is 2. The van der Waals surface area contributed by atoms with E-state index in [1.54, 1.807) is 20.8 Å². The first-order valence-corrected chi connectivity index (χ1v) is 11.4. The third-order valence-corrected chi connectivity index (χ3v) is 5.53. The maximum atomic E-state index is 12.3. The minimum Gasteiger partial charge on any atom is -0.467 e. The van der Waals surface area contributed by atoms with Crippen LogP contribution in [0.2, 0.25) is 0 Å². The zero-order chi connectivity index (χ0) is 25.6. The molecular formula is C27H32N2O6. The number of amides is 2. The zero-order valence-corrected chi connectivity index (χ0v) is 20.7. The van der Waals surface area contributed by atoms with Crippen molar-refractivity contribution in [1.29, 1.82) is 0 Å². The molecule has 0 saturated heterocycles. The quantitative estimate of drug-likeness (QED) is 0.343. The van der Waals surface area contributed by atoms with Crippen LogP contribution in [-0.4, -0.2) is 49.6 Å². The summed E-state index contributed by atoms with van der Waals surface area (Å²) in [7, 11) is 1.22. The summed E-state index contributed by atoms with van der Waals surface area (Å²) in [4.78, 5) is 36.7. The summed E-state index contributed by atoms with van der Waals surface area (Å²) in [6.45, 7) is 6.91. The first-order valence-electron chi connectivity index (χ1n) is 11.4. The highest BCUT2D eigenvalue weighted by Gasteiger charge is 2.35. The minimum atomic E-state index is -1.47. The number of fused-ring (bicyclic) bond motifs is 3. The smallest absolute Gasteiger partial charge is 0.408 e. The highest BCUT2D eigenvalue weighted by atomic mass is 16.6. The molecule has 0 saturated carbocycles. The number of carbonyl (C=O) groups is 3. The Kier molecular flexibility index (Phi) is 7.84. The number of nitrogens with one attached hydrogen (secondary N) is 2. The molecule has 0 aromatic heterocycles.